The van der Waals surface area contributed by atoms with Crippen molar-refractivity contribution in [2.45, 2.75) is 37.3 Å². The molecule has 0 radical (unpaired) electrons. The van der Waals surface area contributed by atoms with Crippen LogP contribution in [0.1, 0.15) is 34.8 Å². The van der Waals surface area contributed by atoms with E-state index in [1.54, 1.807) is 30.3 Å². The summed E-state index contributed by atoms with van der Waals surface area (Å²) < 4.78 is 68.2. The van der Waals surface area contributed by atoms with Crippen LogP contribution in [0, 0.1) is 0 Å². The molecule has 4 aromatic carbocycles. The van der Waals surface area contributed by atoms with Crippen LogP contribution in [0.5, 0.6) is 11.5 Å². The van der Waals surface area contributed by atoms with Crippen molar-refractivity contribution < 1.29 is 46.5 Å². The van der Waals surface area contributed by atoms with Gasteiger partial charge in [-0.05, 0) is 109 Å². The molecule has 0 heterocycles. The fourth-order valence-electron chi connectivity index (χ4n) is 5.50. The molecule has 0 aliphatic carbocycles. The highest BCUT2D eigenvalue weighted by atomic mass is 79.9. The summed E-state index contributed by atoms with van der Waals surface area (Å²) in [6.45, 7) is 0.751. The smallest absolute Gasteiger partial charge is 0.432 e. The number of oxime groups is 1. The highest BCUT2D eigenvalue weighted by Crippen LogP contribution is 2.44. The topological polar surface area (TPSA) is 108 Å². The van der Waals surface area contributed by atoms with Gasteiger partial charge in [-0.25, -0.2) is 4.79 Å². The predicted octanol–water partition coefficient (Wildman–Crippen LogP) is 8.93. The fraction of sp³-hybridized carbons (Fsp3) is 0.325. The number of benzene rings is 4. The maximum absolute atomic E-state index is 14.9. The molecule has 2 atom stereocenters. The molecule has 300 valence electrons. The maximum atomic E-state index is 14.9. The van der Waals surface area contributed by atoms with Gasteiger partial charge in [0.15, 0.2) is 0 Å². The molecular weight excluding hydrogens is 931 g/mol. The van der Waals surface area contributed by atoms with Gasteiger partial charge in [0.2, 0.25) is 0 Å². The first-order valence-corrected chi connectivity index (χ1v) is 19.6. The Labute approximate surface area is 349 Å². The Kier molecular flexibility index (Phi) is 16.8. The number of nitrogens with one attached hydrogen (secondary N) is 1. The molecule has 0 saturated carbocycles. The minimum atomic E-state index is -5.23. The van der Waals surface area contributed by atoms with E-state index in [0.717, 1.165) is 37.8 Å². The second-order valence-electron chi connectivity index (χ2n) is 12.6. The zero-order chi connectivity index (χ0) is 40.9. The number of hydrogen-bond acceptors (Lipinski definition) is 9. The van der Waals surface area contributed by atoms with E-state index in [9.17, 15) is 22.8 Å². The Morgan fingerprint density at radius 2 is 1.50 bits per heavy atom. The number of carbonyl (C=O) groups excluding carboxylic acids is 2. The van der Waals surface area contributed by atoms with Gasteiger partial charge in [-0.15, -0.1) is 0 Å². The van der Waals surface area contributed by atoms with Crippen LogP contribution in [-0.2, 0) is 42.5 Å². The van der Waals surface area contributed by atoms with Gasteiger partial charge in [-0.3, -0.25) is 4.79 Å². The van der Waals surface area contributed by atoms with Crippen LogP contribution in [0.15, 0.2) is 110 Å². The molecule has 4 aromatic rings. The van der Waals surface area contributed by atoms with Crippen molar-refractivity contribution in [3.05, 3.63) is 127 Å². The van der Waals surface area contributed by atoms with Crippen LogP contribution in [0.3, 0.4) is 0 Å². The summed E-state index contributed by atoms with van der Waals surface area (Å²) in [5.41, 5.74) is -2.32. The van der Waals surface area contributed by atoms with Crippen LogP contribution >= 0.6 is 47.8 Å². The molecule has 0 saturated heterocycles. The Morgan fingerprint density at radius 3 is 2.07 bits per heavy atom. The van der Waals surface area contributed by atoms with Gasteiger partial charge in [-0.1, -0.05) is 71.9 Å². The molecule has 0 aliphatic heterocycles. The molecule has 10 nitrogen and oxygen atoms in total. The Bertz CT molecular complexity index is 1930. The Morgan fingerprint density at radius 1 is 0.857 bits per heavy atom. The number of methoxy groups -OCH3 is 2. The standard InChI is InChI=1S/C40H41Br3F3N3O7/c1-49(2)18-11-19-54-36-31(42)22-28(23-32(36)43)35(56-38(51)39(53-4,40(44,45)46)29-14-9-6-10-15-29)24-47-37(50)33(48-55-25-26-12-7-5-8-13-26)21-27-16-17-34(52-3)30(41)20-27/h5-10,12-17,20,22-23,35H,11,18-19,21,24-25H2,1-4H3,(H,47,50)/b48-33+/t35-,39+/m0/s1. The molecule has 0 bridgehead atoms. The van der Waals surface area contributed by atoms with E-state index in [1.165, 1.54) is 25.3 Å². The molecule has 1 N–H and O–H groups in total. The Balaban J connectivity index is 1.69. The fourth-order valence-corrected chi connectivity index (χ4v) is 7.54. The number of esters is 1. The molecule has 0 spiro atoms. The lowest BCUT2D eigenvalue weighted by Gasteiger charge is -2.34. The predicted molar refractivity (Wildman–Crippen MR) is 217 cm³/mol. The first-order valence-electron chi connectivity index (χ1n) is 17.2. The lowest BCUT2D eigenvalue weighted by Crippen LogP contribution is -2.52. The first kappa shape index (κ1) is 44.8. The van der Waals surface area contributed by atoms with Crippen molar-refractivity contribution in [2.75, 3.05) is 48.0 Å². The van der Waals surface area contributed by atoms with Crippen LogP contribution < -0.4 is 14.8 Å². The summed E-state index contributed by atoms with van der Waals surface area (Å²) in [4.78, 5) is 35.4. The van der Waals surface area contributed by atoms with E-state index in [4.69, 9.17) is 23.8 Å². The zero-order valence-corrected chi connectivity index (χ0v) is 35.8. The molecule has 0 aromatic heterocycles. The minimum absolute atomic E-state index is 0.000503. The quantitative estimate of drug-likeness (QED) is 0.0430. The molecular formula is C40H41Br3F3N3O7. The molecule has 0 fully saturated rings. The van der Waals surface area contributed by atoms with Crippen molar-refractivity contribution in [3.8, 4) is 11.5 Å². The molecule has 0 unspecified atom stereocenters. The van der Waals surface area contributed by atoms with Gasteiger partial charge in [-0.2, -0.15) is 13.2 Å². The number of halogens is 6. The van der Waals surface area contributed by atoms with E-state index in [1.807, 2.05) is 49.3 Å². The summed E-state index contributed by atoms with van der Waals surface area (Å²) in [6.07, 6.45) is -5.98. The first-order chi connectivity index (χ1) is 26.7. The molecule has 1 amide bonds. The Hall–Kier alpha value is -3.96. The average molecular weight is 972 g/mol. The van der Waals surface area contributed by atoms with Gasteiger partial charge < -0.3 is 34.0 Å². The SMILES string of the molecule is COc1ccc(C/C(=N\OCc2ccccc2)C(=O)NC[C@H](OC(=O)[C@](OC)(c2ccccc2)C(F)(F)F)c2cc(Br)c(OCCCN(C)C)c(Br)c2)cc1Br. The second kappa shape index (κ2) is 21.0. The lowest BCUT2D eigenvalue weighted by molar-refractivity contribution is -0.278. The number of alkyl halides is 3. The normalized spacial score (nSPS) is 13.4. The van der Waals surface area contributed by atoms with Crippen molar-refractivity contribution in [2.24, 2.45) is 5.16 Å². The highest BCUT2D eigenvalue weighted by molar-refractivity contribution is 9.11. The van der Waals surface area contributed by atoms with Crippen LogP contribution in [0.4, 0.5) is 13.2 Å². The average Bonchev–Trinajstić information content (AvgIpc) is 3.16. The summed E-state index contributed by atoms with van der Waals surface area (Å²) in [6, 6.07) is 24.0. The van der Waals surface area contributed by atoms with Gasteiger partial charge in [0.25, 0.3) is 11.5 Å². The summed E-state index contributed by atoms with van der Waals surface area (Å²) >= 11 is 10.4. The van der Waals surface area contributed by atoms with Crippen molar-refractivity contribution >= 4 is 65.4 Å². The number of ether oxygens (including phenoxy) is 4. The number of amides is 1. The second-order valence-corrected chi connectivity index (χ2v) is 15.2. The van der Waals surface area contributed by atoms with Crippen molar-refractivity contribution in [1.82, 2.24) is 10.2 Å². The summed E-state index contributed by atoms with van der Waals surface area (Å²) in [5, 5.41) is 6.85. The minimum Gasteiger partial charge on any atom is -0.496 e. The van der Waals surface area contributed by atoms with Crippen LogP contribution in [0.25, 0.3) is 0 Å². The van der Waals surface area contributed by atoms with Crippen molar-refractivity contribution in [3.63, 3.8) is 0 Å². The lowest BCUT2D eigenvalue weighted by atomic mass is 9.92. The third kappa shape index (κ3) is 11.8. The van der Waals surface area contributed by atoms with Crippen LogP contribution in [0.2, 0.25) is 0 Å². The van der Waals surface area contributed by atoms with E-state index >= 15 is 0 Å². The number of hydrogen-bond donors (Lipinski definition) is 1. The third-order valence-corrected chi connectivity index (χ3v) is 10.2. The van der Waals surface area contributed by atoms with E-state index in [0.29, 0.717) is 37.1 Å². The molecule has 56 heavy (non-hydrogen) atoms. The number of carbonyl (C=O) groups is 2. The number of nitrogens with zero attached hydrogens (tertiary/aromatic N) is 2. The largest absolute Gasteiger partial charge is 0.496 e. The van der Waals surface area contributed by atoms with E-state index < -0.39 is 41.9 Å². The molecule has 4 rings (SSSR count). The summed E-state index contributed by atoms with van der Waals surface area (Å²) in [5.74, 6) is -1.45. The van der Waals surface area contributed by atoms with E-state index in [-0.39, 0.29) is 24.3 Å². The summed E-state index contributed by atoms with van der Waals surface area (Å²) in [7, 11) is 6.20. The van der Waals surface area contributed by atoms with Gasteiger partial charge >= 0.3 is 12.1 Å². The van der Waals surface area contributed by atoms with Gasteiger partial charge in [0, 0.05) is 25.6 Å². The monoisotopic (exact) mass is 969 g/mol. The zero-order valence-electron chi connectivity index (χ0n) is 31.0. The third-order valence-electron chi connectivity index (χ3n) is 8.36. The number of rotatable bonds is 19. The van der Waals surface area contributed by atoms with Crippen molar-refractivity contribution in [1.29, 1.82) is 0 Å². The van der Waals surface area contributed by atoms with Crippen LogP contribution in [-0.4, -0.2) is 76.7 Å². The van der Waals surface area contributed by atoms with Gasteiger partial charge in [0.1, 0.15) is 29.9 Å². The van der Waals surface area contributed by atoms with E-state index in [2.05, 4.69) is 58.3 Å². The molecule has 16 heteroatoms. The van der Waals surface area contributed by atoms with Gasteiger partial charge in [0.05, 0.1) is 33.7 Å². The highest BCUT2D eigenvalue weighted by Gasteiger charge is 2.64. The maximum Gasteiger partial charge on any atom is 0.432 e. The molecule has 0 aliphatic rings.